The molecule has 4 nitrogen and oxygen atoms in total. The number of carbonyl (C=O) groups is 1. The van der Waals surface area contributed by atoms with Crippen molar-refractivity contribution in [2.24, 2.45) is 0 Å². The number of hydrogen-bond acceptors (Lipinski definition) is 2. The maximum absolute atomic E-state index is 11.8. The van der Waals surface area contributed by atoms with E-state index >= 15 is 0 Å². The van der Waals surface area contributed by atoms with Crippen molar-refractivity contribution in [2.75, 3.05) is 5.32 Å². The van der Waals surface area contributed by atoms with Gasteiger partial charge in [0.05, 0.1) is 5.69 Å². The molecule has 0 unspecified atom stereocenters. The first-order valence-corrected chi connectivity index (χ1v) is 5.51. The van der Waals surface area contributed by atoms with Crippen LogP contribution < -0.4 is 5.32 Å². The average molecular weight is 229 g/mol. The van der Waals surface area contributed by atoms with Gasteiger partial charge in [-0.3, -0.25) is 9.48 Å². The lowest BCUT2D eigenvalue weighted by Crippen LogP contribution is -2.19. The molecule has 0 aliphatic rings. The molecule has 0 fully saturated rings. The van der Waals surface area contributed by atoms with E-state index in [0.29, 0.717) is 0 Å². The van der Waals surface area contributed by atoms with Crippen LogP contribution in [0.2, 0.25) is 0 Å². The zero-order chi connectivity index (χ0) is 12.3. The van der Waals surface area contributed by atoms with Gasteiger partial charge >= 0.3 is 0 Å². The summed E-state index contributed by atoms with van der Waals surface area (Å²) in [6, 6.07) is 9.58. The van der Waals surface area contributed by atoms with Gasteiger partial charge < -0.3 is 5.32 Å². The van der Waals surface area contributed by atoms with Crippen LogP contribution >= 0.6 is 0 Å². The number of nitrogens with one attached hydrogen (secondary N) is 1. The molecule has 1 aromatic carbocycles. The van der Waals surface area contributed by atoms with E-state index in [-0.39, 0.29) is 12.5 Å². The highest BCUT2D eigenvalue weighted by Crippen LogP contribution is 2.12. The zero-order valence-corrected chi connectivity index (χ0v) is 9.97. The Morgan fingerprint density at radius 2 is 2.06 bits per heavy atom. The SMILES string of the molecule is Cc1ccn(CC(=O)Nc2ccccc2C)n1. The predicted molar refractivity (Wildman–Crippen MR) is 66.8 cm³/mol. The molecule has 2 rings (SSSR count). The number of carbonyl (C=O) groups excluding carboxylic acids is 1. The van der Waals surface area contributed by atoms with Crippen molar-refractivity contribution < 1.29 is 4.79 Å². The fourth-order valence-corrected chi connectivity index (χ4v) is 1.60. The minimum Gasteiger partial charge on any atom is -0.324 e. The molecule has 0 aliphatic heterocycles. The summed E-state index contributed by atoms with van der Waals surface area (Å²) >= 11 is 0. The van der Waals surface area contributed by atoms with Gasteiger partial charge in [0.2, 0.25) is 5.91 Å². The van der Waals surface area contributed by atoms with Gasteiger partial charge in [0.1, 0.15) is 6.54 Å². The normalized spacial score (nSPS) is 10.2. The summed E-state index contributed by atoms with van der Waals surface area (Å²) in [6.45, 7) is 4.10. The van der Waals surface area contributed by atoms with Gasteiger partial charge in [0, 0.05) is 11.9 Å². The Morgan fingerprint density at radius 3 is 2.71 bits per heavy atom. The third kappa shape index (κ3) is 2.93. The van der Waals surface area contributed by atoms with Gasteiger partial charge in [-0.2, -0.15) is 5.10 Å². The molecule has 0 saturated heterocycles. The Morgan fingerprint density at radius 1 is 1.29 bits per heavy atom. The van der Waals surface area contributed by atoms with E-state index in [4.69, 9.17) is 0 Å². The summed E-state index contributed by atoms with van der Waals surface area (Å²) in [5, 5.41) is 7.04. The molecule has 1 aromatic heterocycles. The van der Waals surface area contributed by atoms with Crippen molar-refractivity contribution in [3.05, 3.63) is 47.8 Å². The second kappa shape index (κ2) is 4.82. The molecule has 0 bridgehead atoms. The number of aromatic nitrogens is 2. The smallest absolute Gasteiger partial charge is 0.246 e. The third-order valence-electron chi connectivity index (χ3n) is 2.50. The molecule has 17 heavy (non-hydrogen) atoms. The zero-order valence-electron chi connectivity index (χ0n) is 9.97. The number of anilines is 1. The van der Waals surface area contributed by atoms with E-state index in [9.17, 15) is 4.79 Å². The van der Waals surface area contributed by atoms with E-state index in [1.165, 1.54) is 0 Å². The molecule has 1 heterocycles. The van der Waals surface area contributed by atoms with Gasteiger partial charge in [0.25, 0.3) is 0 Å². The Balaban J connectivity index is 2.01. The quantitative estimate of drug-likeness (QED) is 0.876. The standard InChI is InChI=1S/C13H15N3O/c1-10-5-3-4-6-12(10)14-13(17)9-16-8-7-11(2)15-16/h3-8H,9H2,1-2H3,(H,14,17). The van der Waals surface area contributed by atoms with Crippen LogP contribution in [0.15, 0.2) is 36.5 Å². The molecule has 4 heteroatoms. The molecule has 1 amide bonds. The minimum absolute atomic E-state index is 0.0672. The third-order valence-corrected chi connectivity index (χ3v) is 2.50. The van der Waals surface area contributed by atoms with Gasteiger partial charge in [-0.25, -0.2) is 0 Å². The summed E-state index contributed by atoms with van der Waals surface area (Å²) in [4.78, 5) is 11.8. The van der Waals surface area contributed by atoms with Crippen LogP contribution in [0.3, 0.4) is 0 Å². The number of rotatable bonds is 3. The first-order chi connectivity index (χ1) is 8.15. The molecule has 0 spiro atoms. The summed E-state index contributed by atoms with van der Waals surface area (Å²) in [5.74, 6) is -0.0672. The second-order valence-corrected chi connectivity index (χ2v) is 4.02. The topological polar surface area (TPSA) is 46.9 Å². The maximum Gasteiger partial charge on any atom is 0.246 e. The Kier molecular flexibility index (Phi) is 3.23. The van der Waals surface area contributed by atoms with Crippen LogP contribution in [-0.2, 0) is 11.3 Å². The number of nitrogens with zero attached hydrogens (tertiary/aromatic N) is 2. The van der Waals surface area contributed by atoms with E-state index in [0.717, 1.165) is 16.9 Å². The number of benzene rings is 1. The molecule has 0 saturated carbocycles. The van der Waals surface area contributed by atoms with Crippen molar-refractivity contribution in [3.63, 3.8) is 0 Å². The van der Waals surface area contributed by atoms with Crippen LogP contribution in [-0.4, -0.2) is 15.7 Å². The van der Waals surface area contributed by atoms with E-state index in [1.54, 1.807) is 10.9 Å². The largest absolute Gasteiger partial charge is 0.324 e. The first-order valence-electron chi connectivity index (χ1n) is 5.51. The van der Waals surface area contributed by atoms with E-state index in [2.05, 4.69) is 10.4 Å². The van der Waals surface area contributed by atoms with E-state index < -0.39 is 0 Å². The molecule has 88 valence electrons. The first kappa shape index (κ1) is 11.4. The highest BCUT2D eigenvalue weighted by Gasteiger charge is 2.05. The lowest BCUT2D eigenvalue weighted by molar-refractivity contribution is -0.116. The monoisotopic (exact) mass is 229 g/mol. The molecule has 0 aliphatic carbocycles. The number of para-hydroxylation sites is 1. The molecule has 1 N–H and O–H groups in total. The summed E-state index contributed by atoms with van der Waals surface area (Å²) in [6.07, 6.45) is 1.80. The van der Waals surface area contributed by atoms with Crippen molar-refractivity contribution in [2.45, 2.75) is 20.4 Å². The van der Waals surface area contributed by atoms with Crippen molar-refractivity contribution in [3.8, 4) is 0 Å². The van der Waals surface area contributed by atoms with Gasteiger partial charge in [0.15, 0.2) is 0 Å². The van der Waals surface area contributed by atoms with Crippen molar-refractivity contribution in [1.29, 1.82) is 0 Å². The number of aryl methyl sites for hydroxylation is 2. The van der Waals surface area contributed by atoms with E-state index in [1.807, 2.05) is 44.2 Å². The number of amides is 1. The van der Waals surface area contributed by atoms with Crippen molar-refractivity contribution in [1.82, 2.24) is 9.78 Å². The average Bonchev–Trinajstić information content (AvgIpc) is 2.67. The Labute approximate surface area is 100 Å². The predicted octanol–water partition coefficient (Wildman–Crippen LogP) is 2.14. The maximum atomic E-state index is 11.8. The van der Waals surface area contributed by atoms with Gasteiger partial charge in [-0.15, -0.1) is 0 Å². The second-order valence-electron chi connectivity index (χ2n) is 4.02. The van der Waals surface area contributed by atoms with Crippen LogP contribution in [0.1, 0.15) is 11.3 Å². The van der Waals surface area contributed by atoms with Crippen LogP contribution in [0.4, 0.5) is 5.69 Å². The Bertz CT molecular complexity index is 531. The highest BCUT2D eigenvalue weighted by atomic mass is 16.2. The van der Waals surface area contributed by atoms with Crippen molar-refractivity contribution >= 4 is 11.6 Å². The van der Waals surface area contributed by atoms with Crippen LogP contribution in [0.25, 0.3) is 0 Å². The van der Waals surface area contributed by atoms with Crippen LogP contribution in [0.5, 0.6) is 0 Å². The number of hydrogen-bond donors (Lipinski definition) is 1. The van der Waals surface area contributed by atoms with Gasteiger partial charge in [-0.1, -0.05) is 18.2 Å². The molecular weight excluding hydrogens is 214 g/mol. The molecule has 0 radical (unpaired) electrons. The fourth-order valence-electron chi connectivity index (χ4n) is 1.60. The fraction of sp³-hybridized carbons (Fsp3) is 0.231. The lowest BCUT2D eigenvalue weighted by atomic mass is 10.2. The summed E-state index contributed by atoms with van der Waals surface area (Å²) < 4.78 is 1.63. The molecular formula is C13H15N3O. The Hall–Kier alpha value is -2.10. The highest BCUT2D eigenvalue weighted by molar-refractivity contribution is 5.91. The summed E-state index contributed by atoms with van der Waals surface area (Å²) in [5.41, 5.74) is 2.81. The molecule has 2 aromatic rings. The van der Waals surface area contributed by atoms with Crippen LogP contribution in [0, 0.1) is 13.8 Å². The summed E-state index contributed by atoms with van der Waals surface area (Å²) in [7, 11) is 0. The minimum atomic E-state index is -0.0672. The van der Waals surface area contributed by atoms with Gasteiger partial charge in [-0.05, 0) is 31.5 Å². The lowest BCUT2D eigenvalue weighted by Gasteiger charge is -2.07. The molecule has 0 atom stereocenters.